The fraction of sp³-hybridized carbons (Fsp3) is 0.867. The standard InChI is InChI=1S/C15H28N2O3/c1-9(2)11(8-20-7)17-10(3)13(18)16-12(14(17)19)15(4,5)6/h9-12H,8H2,1-7H3,(H,16,18). The Hall–Kier alpha value is -1.10. The second kappa shape index (κ2) is 6.12. The molecule has 1 heterocycles. The van der Waals surface area contributed by atoms with Crippen LogP contribution in [0.2, 0.25) is 0 Å². The van der Waals surface area contributed by atoms with Crippen molar-refractivity contribution in [3.05, 3.63) is 0 Å². The predicted octanol–water partition coefficient (Wildman–Crippen LogP) is 1.42. The van der Waals surface area contributed by atoms with Crippen molar-refractivity contribution in [1.29, 1.82) is 0 Å². The lowest BCUT2D eigenvalue weighted by molar-refractivity contribution is -0.157. The number of nitrogens with zero attached hydrogens (tertiary/aromatic N) is 1. The molecule has 0 saturated carbocycles. The maximum atomic E-state index is 12.8. The Morgan fingerprint density at radius 3 is 2.25 bits per heavy atom. The molecule has 3 unspecified atom stereocenters. The molecule has 1 N–H and O–H groups in total. The molecule has 0 radical (unpaired) electrons. The molecule has 0 aromatic heterocycles. The van der Waals surface area contributed by atoms with Gasteiger partial charge in [0, 0.05) is 7.11 Å². The number of methoxy groups -OCH3 is 1. The minimum Gasteiger partial charge on any atom is -0.383 e. The van der Waals surface area contributed by atoms with Crippen molar-refractivity contribution in [3.63, 3.8) is 0 Å². The quantitative estimate of drug-likeness (QED) is 0.849. The van der Waals surface area contributed by atoms with Crippen LogP contribution in [0, 0.1) is 11.3 Å². The Balaban J connectivity index is 3.12. The van der Waals surface area contributed by atoms with Crippen molar-refractivity contribution < 1.29 is 14.3 Å². The van der Waals surface area contributed by atoms with E-state index in [9.17, 15) is 9.59 Å². The van der Waals surface area contributed by atoms with Crippen LogP contribution in [-0.4, -0.2) is 48.6 Å². The third-order valence-corrected chi connectivity index (χ3v) is 3.92. The Morgan fingerprint density at radius 2 is 1.85 bits per heavy atom. The highest BCUT2D eigenvalue weighted by Crippen LogP contribution is 2.28. The molecule has 3 atom stereocenters. The number of piperazine rings is 1. The molecular weight excluding hydrogens is 256 g/mol. The van der Waals surface area contributed by atoms with Crippen molar-refractivity contribution in [2.45, 2.75) is 59.7 Å². The highest BCUT2D eigenvalue weighted by Gasteiger charge is 2.46. The van der Waals surface area contributed by atoms with Crippen molar-refractivity contribution in [2.75, 3.05) is 13.7 Å². The summed E-state index contributed by atoms with van der Waals surface area (Å²) in [4.78, 5) is 26.7. The Bertz CT molecular complexity index is 374. The van der Waals surface area contributed by atoms with Gasteiger partial charge in [0.25, 0.3) is 0 Å². The summed E-state index contributed by atoms with van der Waals surface area (Å²) < 4.78 is 5.25. The monoisotopic (exact) mass is 284 g/mol. The van der Waals surface area contributed by atoms with Gasteiger partial charge in [0.1, 0.15) is 12.1 Å². The Morgan fingerprint density at radius 1 is 1.30 bits per heavy atom. The van der Waals surface area contributed by atoms with Gasteiger partial charge in [-0.1, -0.05) is 34.6 Å². The fourth-order valence-electron chi connectivity index (χ4n) is 2.59. The van der Waals surface area contributed by atoms with Gasteiger partial charge in [0.15, 0.2) is 0 Å². The highest BCUT2D eigenvalue weighted by molar-refractivity contribution is 5.97. The average Bonchev–Trinajstić information content (AvgIpc) is 2.31. The van der Waals surface area contributed by atoms with E-state index in [1.807, 2.05) is 34.6 Å². The normalized spacial score (nSPS) is 25.9. The van der Waals surface area contributed by atoms with E-state index < -0.39 is 12.1 Å². The first kappa shape index (κ1) is 17.0. The lowest BCUT2D eigenvalue weighted by Gasteiger charge is -2.46. The van der Waals surface area contributed by atoms with E-state index in [-0.39, 0.29) is 29.2 Å². The van der Waals surface area contributed by atoms with Crippen LogP contribution in [0.25, 0.3) is 0 Å². The van der Waals surface area contributed by atoms with Crippen molar-refractivity contribution >= 4 is 11.8 Å². The maximum absolute atomic E-state index is 12.8. The molecule has 1 aliphatic heterocycles. The summed E-state index contributed by atoms with van der Waals surface area (Å²) in [5, 5.41) is 2.85. The molecule has 5 nitrogen and oxygen atoms in total. The van der Waals surface area contributed by atoms with Crippen LogP contribution in [-0.2, 0) is 14.3 Å². The molecule has 0 bridgehead atoms. The number of hydrogen-bond acceptors (Lipinski definition) is 3. The molecule has 0 spiro atoms. The van der Waals surface area contributed by atoms with Crippen molar-refractivity contribution in [3.8, 4) is 0 Å². The summed E-state index contributed by atoms with van der Waals surface area (Å²) in [6, 6.07) is -1.02. The van der Waals surface area contributed by atoms with Crippen LogP contribution in [0.15, 0.2) is 0 Å². The Kier molecular flexibility index (Phi) is 5.19. The number of carbonyl (C=O) groups is 2. The molecule has 1 fully saturated rings. The fourth-order valence-corrected chi connectivity index (χ4v) is 2.59. The number of amides is 2. The Labute approximate surface area is 122 Å². The molecule has 1 rings (SSSR count). The molecule has 0 aromatic rings. The average molecular weight is 284 g/mol. The second-order valence-corrected chi connectivity index (χ2v) is 7.00. The van der Waals surface area contributed by atoms with Gasteiger partial charge in [0.2, 0.25) is 11.8 Å². The number of rotatable bonds is 4. The van der Waals surface area contributed by atoms with Gasteiger partial charge in [-0.2, -0.15) is 0 Å². The van der Waals surface area contributed by atoms with Gasteiger partial charge in [-0.3, -0.25) is 9.59 Å². The molecule has 1 saturated heterocycles. The minimum absolute atomic E-state index is 0.0136. The molecule has 0 aromatic carbocycles. The molecule has 20 heavy (non-hydrogen) atoms. The van der Waals surface area contributed by atoms with Gasteiger partial charge < -0.3 is 15.0 Å². The maximum Gasteiger partial charge on any atom is 0.246 e. The molecular formula is C15H28N2O3. The van der Waals surface area contributed by atoms with Gasteiger partial charge >= 0.3 is 0 Å². The number of ether oxygens (including phenoxy) is 1. The summed E-state index contributed by atoms with van der Waals surface area (Å²) in [6.07, 6.45) is 0. The zero-order valence-electron chi connectivity index (χ0n) is 13.7. The molecule has 2 amide bonds. The first-order chi connectivity index (χ1) is 9.11. The third-order valence-electron chi connectivity index (χ3n) is 3.92. The lowest BCUT2D eigenvalue weighted by atomic mass is 9.83. The van der Waals surface area contributed by atoms with E-state index in [2.05, 4.69) is 5.32 Å². The van der Waals surface area contributed by atoms with E-state index in [1.54, 1.807) is 18.9 Å². The van der Waals surface area contributed by atoms with Crippen LogP contribution in [0.3, 0.4) is 0 Å². The van der Waals surface area contributed by atoms with Crippen LogP contribution in [0.4, 0.5) is 0 Å². The van der Waals surface area contributed by atoms with Gasteiger partial charge in [-0.15, -0.1) is 0 Å². The van der Waals surface area contributed by atoms with E-state index in [0.717, 1.165) is 0 Å². The first-order valence-corrected chi connectivity index (χ1v) is 7.22. The topological polar surface area (TPSA) is 58.6 Å². The summed E-state index contributed by atoms with van der Waals surface area (Å²) in [5.74, 6) is 0.125. The SMILES string of the molecule is COCC(C(C)C)N1C(=O)C(C(C)(C)C)NC(=O)C1C. The van der Waals surface area contributed by atoms with Gasteiger partial charge in [0.05, 0.1) is 12.6 Å². The summed E-state index contributed by atoms with van der Waals surface area (Å²) in [6.45, 7) is 12.2. The van der Waals surface area contributed by atoms with Crippen LogP contribution in [0.5, 0.6) is 0 Å². The molecule has 5 heteroatoms. The zero-order chi connectivity index (χ0) is 15.7. The van der Waals surface area contributed by atoms with Crippen LogP contribution in [0.1, 0.15) is 41.5 Å². The highest BCUT2D eigenvalue weighted by atomic mass is 16.5. The van der Waals surface area contributed by atoms with Gasteiger partial charge in [-0.05, 0) is 18.3 Å². The zero-order valence-corrected chi connectivity index (χ0v) is 13.7. The predicted molar refractivity (Wildman–Crippen MR) is 78.2 cm³/mol. The number of nitrogens with one attached hydrogen (secondary N) is 1. The van der Waals surface area contributed by atoms with Gasteiger partial charge in [-0.25, -0.2) is 0 Å². The first-order valence-electron chi connectivity index (χ1n) is 7.22. The number of hydrogen-bond donors (Lipinski definition) is 1. The van der Waals surface area contributed by atoms with Crippen LogP contribution >= 0.6 is 0 Å². The minimum atomic E-state index is -0.482. The van der Waals surface area contributed by atoms with E-state index in [1.165, 1.54) is 0 Å². The largest absolute Gasteiger partial charge is 0.383 e. The van der Waals surface area contributed by atoms with E-state index >= 15 is 0 Å². The summed E-state index contributed by atoms with van der Waals surface area (Å²) in [7, 11) is 1.62. The lowest BCUT2D eigenvalue weighted by Crippen LogP contribution is -2.68. The van der Waals surface area contributed by atoms with E-state index in [0.29, 0.717) is 6.61 Å². The van der Waals surface area contributed by atoms with Crippen molar-refractivity contribution in [1.82, 2.24) is 10.2 Å². The molecule has 116 valence electrons. The summed E-state index contributed by atoms with van der Waals surface area (Å²) >= 11 is 0. The number of carbonyl (C=O) groups excluding carboxylic acids is 2. The molecule has 0 aliphatic carbocycles. The smallest absolute Gasteiger partial charge is 0.246 e. The second-order valence-electron chi connectivity index (χ2n) is 7.00. The molecule has 1 aliphatic rings. The summed E-state index contributed by atoms with van der Waals surface area (Å²) in [5.41, 5.74) is -0.306. The van der Waals surface area contributed by atoms with Crippen LogP contribution < -0.4 is 5.32 Å². The van der Waals surface area contributed by atoms with Crippen molar-refractivity contribution in [2.24, 2.45) is 11.3 Å². The third kappa shape index (κ3) is 3.32. The van der Waals surface area contributed by atoms with E-state index in [4.69, 9.17) is 4.74 Å².